The van der Waals surface area contributed by atoms with E-state index >= 15 is 0 Å². The molecule has 0 unspecified atom stereocenters. The minimum absolute atomic E-state index is 0.103. The highest BCUT2D eigenvalue weighted by atomic mass is 35.5. The summed E-state index contributed by atoms with van der Waals surface area (Å²) in [5, 5.41) is 7.44. The molecule has 2 aromatic heterocycles. The van der Waals surface area contributed by atoms with Crippen molar-refractivity contribution in [2.45, 2.75) is 44.7 Å². The third kappa shape index (κ3) is 5.07. The fraction of sp³-hybridized carbons (Fsp3) is 0.320. The zero-order chi connectivity index (χ0) is 22.9. The molecule has 0 bridgehead atoms. The van der Waals surface area contributed by atoms with E-state index in [2.05, 4.69) is 26.7 Å². The molecule has 6 nitrogen and oxygen atoms in total. The zero-order valence-corrected chi connectivity index (χ0v) is 19.8. The first-order valence-corrected chi connectivity index (χ1v) is 11.9. The SMILES string of the molecule is C[C@@H](NC(=O)N1CCc2cnc(Nc3ccnc(C4CC4)c3)cc2C1)c1ccc(Cl)c(Cl)c1. The number of hydrogen-bond donors (Lipinski definition) is 2. The molecule has 33 heavy (non-hydrogen) atoms. The van der Waals surface area contributed by atoms with Crippen molar-refractivity contribution in [1.29, 1.82) is 0 Å². The Morgan fingerprint density at radius 1 is 1.09 bits per heavy atom. The number of halogens is 2. The van der Waals surface area contributed by atoms with E-state index in [0.717, 1.165) is 34.7 Å². The first-order chi connectivity index (χ1) is 16.0. The number of hydrogen-bond acceptors (Lipinski definition) is 4. The summed E-state index contributed by atoms with van der Waals surface area (Å²) in [6.45, 7) is 3.12. The maximum absolute atomic E-state index is 12.9. The van der Waals surface area contributed by atoms with Crippen molar-refractivity contribution in [3.05, 3.63) is 81.2 Å². The van der Waals surface area contributed by atoms with E-state index in [1.807, 2.05) is 42.4 Å². The first-order valence-electron chi connectivity index (χ1n) is 11.2. The molecule has 0 radical (unpaired) electrons. The Labute approximate surface area is 203 Å². The third-order valence-corrected chi connectivity index (χ3v) is 6.95. The largest absolute Gasteiger partial charge is 0.340 e. The standard InChI is InChI=1S/C25H25Cl2N5O/c1-15(17-4-5-21(26)22(27)10-17)30-25(33)32-9-7-18-13-29-24(11-19(18)14-32)31-20-6-8-28-23(12-20)16-2-3-16/h4-6,8,10-13,15-16H,2-3,7,9,14H2,1H3,(H,30,33)(H,28,29,31)/t15-/m1/s1. The second-order valence-electron chi connectivity index (χ2n) is 8.72. The molecule has 1 saturated carbocycles. The molecular weight excluding hydrogens is 457 g/mol. The van der Waals surface area contributed by atoms with Crippen LogP contribution in [-0.2, 0) is 13.0 Å². The van der Waals surface area contributed by atoms with Gasteiger partial charge in [0.15, 0.2) is 0 Å². The van der Waals surface area contributed by atoms with Crippen LogP contribution in [0.15, 0.2) is 48.8 Å². The lowest BCUT2D eigenvalue weighted by Gasteiger charge is -2.30. The zero-order valence-electron chi connectivity index (χ0n) is 18.3. The van der Waals surface area contributed by atoms with Crippen LogP contribution in [0.2, 0.25) is 10.0 Å². The third-order valence-electron chi connectivity index (χ3n) is 6.22. The van der Waals surface area contributed by atoms with Crippen molar-refractivity contribution in [1.82, 2.24) is 20.2 Å². The van der Waals surface area contributed by atoms with Crippen LogP contribution >= 0.6 is 23.2 Å². The van der Waals surface area contributed by atoms with Crippen LogP contribution in [0.3, 0.4) is 0 Å². The summed E-state index contributed by atoms with van der Waals surface area (Å²) in [7, 11) is 0. The molecule has 5 rings (SSSR count). The van der Waals surface area contributed by atoms with Gasteiger partial charge in [0.1, 0.15) is 5.82 Å². The van der Waals surface area contributed by atoms with E-state index in [1.165, 1.54) is 18.4 Å². The number of pyridine rings is 2. The van der Waals surface area contributed by atoms with Crippen molar-refractivity contribution in [2.75, 3.05) is 11.9 Å². The predicted molar refractivity (Wildman–Crippen MR) is 131 cm³/mol. The fourth-order valence-corrected chi connectivity index (χ4v) is 4.40. The summed E-state index contributed by atoms with van der Waals surface area (Å²) in [5.41, 5.74) is 5.31. The van der Waals surface area contributed by atoms with Gasteiger partial charge in [-0.2, -0.15) is 0 Å². The van der Waals surface area contributed by atoms with E-state index in [9.17, 15) is 4.79 Å². The van der Waals surface area contributed by atoms with Crippen molar-refractivity contribution in [3.8, 4) is 0 Å². The normalized spacial score (nSPS) is 16.2. The Kier molecular flexibility index (Phi) is 6.13. The van der Waals surface area contributed by atoms with Gasteiger partial charge in [0.05, 0.1) is 16.1 Å². The number of benzene rings is 1. The average molecular weight is 482 g/mol. The summed E-state index contributed by atoms with van der Waals surface area (Å²) in [4.78, 5) is 23.8. The number of urea groups is 1. The van der Waals surface area contributed by atoms with Crippen molar-refractivity contribution < 1.29 is 4.79 Å². The lowest BCUT2D eigenvalue weighted by molar-refractivity contribution is 0.189. The molecule has 2 aliphatic rings. The molecule has 1 fully saturated rings. The Bertz CT molecular complexity index is 1200. The number of aromatic nitrogens is 2. The fourth-order valence-electron chi connectivity index (χ4n) is 4.10. The van der Waals surface area contributed by atoms with Gasteiger partial charge in [0.2, 0.25) is 0 Å². The first kappa shape index (κ1) is 22.0. The molecule has 0 spiro atoms. The summed E-state index contributed by atoms with van der Waals surface area (Å²) in [6, 6.07) is 11.2. The molecule has 0 saturated heterocycles. The summed E-state index contributed by atoms with van der Waals surface area (Å²) >= 11 is 12.1. The molecule has 1 aliphatic heterocycles. The second-order valence-corrected chi connectivity index (χ2v) is 9.54. The van der Waals surface area contributed by atoms with Gasteiger partial charge in [-0.3, -0.25) is 4.98 Å². The summed E-state index contributed by atoms with van der Waals surface area (Å²) in [6.07, 6.45) is 6.96. The van der Waals surface area contributed by atoms with Gasteiger partial charge in [-0.15, -0.1) is 0 Å². The van der Waals surface area contributed by atoms with Gasteiger partial charge in [0.25, 0.3) is 0 Å². The van der Waals surface area contributed by atoms with Crippen LogP contribution in [0.25, 0.3) is 0 Å². The molecule has 1 atom stereocenters. The molecule has 3 heterocycles. The average Bonchev–Trinajstić information content (AvgIpc) is 3.66. The van der Waals surface area contributed by atoms with Crippen molar-refractivity contribution in [3.63, 3.8) is 0 Å². The maximum Gasteiger partial charge on any atom is 0.318 e. The van der Waals surface area contributed by atoms with Crippen LogP contribution in [0.1, 0.15) is 54.1 Å². The topological polar surface area (TPSA) is 70.2 Å². The number of carbonyl (C=O) groups is 1. The lowest BCUT2D eigenvalue weighted by atomic mass is 10.0. The molecule has 3 aromatic rings. The monoisotopic (exact) mass is 481 g/mol. The van der Waals surface area contributed by atoms with Crippen LogP contribution in [0.4, 0.5) is 16.3 Å². The molecular formula is C25H25Cl2N5O. The van der Waals surface area contributed by atoms with Crippen molar-refractivity contribution in [2.24, 2.45) is 0 Å². The van der Waals surface area contributed by atoms with Crippen LogP contribution in [0.5, 0.6) is 0 Å². The highest BCUT2D eigenvalue weighted by Gasteiger charge is 2.25. The molecule has 2 N–H and O–H groups in total. The Morgan fingerprint density at radius 2 is 1.94 bits per heavy atom. The number of nitrogens with zero attached hydrogens (tertiary/aromatic N) is 3. The number of nitrogens with one attached hydrogen (secondary N) is 2. The van der Waals surface area contributed by atoms with Gasteiger partial charge < -0.3 is 15.5 Å². The second kappa shape index (κ2) is 9.20. The molecule has 2 amide bonds. The lowest BCUT2D eigenvalue weighted by Crippen LogP contribution is -2.43. The number of rotatable bonds is 5. The smallest absolute Gasteiger partial charge is 0.318 e. The molecule has 8 heteroatoms. The van der Waals surface area contributed by atoms with Crippen molar-refractivity contribution >= 4 is 40.7 Å². The minimum atomic E-state index is -0.185. The minimum Gasteiger partial charge on any atom is -0.340 e. The van der Waals surface area contributed by atoms with Crippen LogP contribution in [0, 0.1) is 0 Å². The van der Waals surface area contributed by atoms with Gasteiger partial charge in [0, 0.05) is 42.8 Å². The number of fused-ring (bicyclic) bond motifs is 1. The Hall–Kier alpha value is -2.83. The highest BCUT2D eigenvalue weighted by Crippen LogP contribution is 2.39. The molecule has 1 aromatic carbocycles. The molecule has 170 valence electrons. The van der Waals surface area contributed by atoms with E-state index in [-0.39, 0.29) is 12.1 Å². The maximum atomic E-state index is 12.9. The highest BCUT2D eigenvalue weighted by molar-refractivity contribution is 6.42. The van der Waals surface area contributed by atoms with E-state index in [1.54, 1.807) is 12.1 Å². The van der Waals surface area contributed by atoms with Gasteiger partial charge in [-0.25, -0.2) is 9.78 Å². The number of anilines is 2. The van der Waals surface area contributed by atoms with Crippen LogP contribution < -0.4 is 10.6 Å². The van der Waals surface area contributed by atoms with Gasteiger partial charge >= 0.3 is 6.03 Å². The van der Waals surface area contributed by atoms with E-state index < -0.39 is 0 Å². The summed E-state index contributed by atoms with van der Waals surface area (Å²) < 4.78 is 0. The predicted octanol–water partition coefficient (Wildman–Crippen LogP) is 6.23. The number of amides is 2. The van der Waals surface area contributed by atoms with Gasteiger partial charge in [-0.05, 0) is 73.2 Å². The van der Waals surface area contributed by atoms with E-state index in [4.69, 9.17) is 23.2 Å². The Balaban J connectivity index is 1.25. The van der Waals surface area contributed by atoms with E-state index in [0.29, 0.717) is 29.1 Å². The quantitative estimate of drug-likeness (QED) is 0.452. The molecule has 1 aliphatic carbocycles. The summed E-state index contributed by atoms with van der Waals surface area (Å²) in [5.74, 6) is 1.37. The Morgan fingerprint density at radius 3 is 2.73 bits per heavy atom. The van der Waals surface area contributed by atoms with Gasteiger partial charge in [-0.1, -0.05) is 29.3 Å². The van der Waals surface area contributed by atoms with Crippen LogP contribution in [-0.4, -0.2) is 27.4 Å². The number of carbonyl (C=O) groups excluding carboxylic acids is 1.